The summed E-state index contributed by atoms with van der Waals surface area (Å²) in [7, 11) is -2.35. The summed E-state index contributed by atoms with van der Waals surface area (Å²) >= 11 is 2.36. The van der Waals surface area contributed by atoms with Crippen molar-refractivity contribution in [3.8, 4) is 0 Å². The number of rotatable bonds is 4. The molecule has 3 aromatic rings. The molecule has 0 radical (unpaired) electrons. The van der Waals surface area contributed by atoms with Gasteiger partial charge in [-0.05, 0) is 0 Å². The zero-order valence-corrected chi connectivity index (χ0v) is 23.4. The van der Waals surface area contributed by atoms with Crippen LogP contribution in [0.4, 0.5) is 0 Å². The summed E-state index contributed by atoms with van der Waals surface area (Å²) in [6, 6.07) is 33.7. The molecule has 4 rings (SSSR count). The number of halogens is 3. The second-order valence-electron chi connectivity index (χ2n) is 8.77. The SMILES string of the molecule is CC(C)(C)C1=CCC([Si](c2ccccc2)(c2ccccc2)c2ccccc2)=[C]1[Ti+3].[Cl-].[Cl-].[Cl-]. The molecule has 0 nitrogen and oxygen atoms in total. The number of benzene rings is 3. The first-order valence-electron chi connectivity index (χ1n) is 10.3. The van der Waals surface area contributed by atoms with Crippen molar-refractivity contribution in [2.75, 3.05) is 0 Å². The molecule has 32 heavy (non-hydrogen) atoms. The molecular formula is C27H27Cl3SiTi. The van der Waals surface area contributed by atoms with Crippen molar-refractivity contribution in [3.63, 3.8) is 0 Å². The molecule has 3 aromatic carbocycles. The maximum Gasteiger partial charge on any atom is -1.00 e. The third kappa shape index (κ3) is 5.20. The van der Waals surface area contributed by atoms with Gasteiger partial charge in [-0.25, -0.2) is 0 Å². The van der Waals surface area contributed by atoms with Crippen molar-refractivity contribution >= 4 is 23.6 Å². The van der Waals surface area contributed by atoms with E-state index in [-0.39, 0.29) is 42.6 Å². The predicted molar refractivity (Wildman–Crippen MR) is 123 cm³/mol. The molecule has 0 bridgehead atoms. The fourth-order valence-electron chi connectivity index (χ4n) is 4.68. The largest absolute Gasteiger partial charge is 1.00 e. The van der Waals surface area contributed by atoms with Crippen LogP contribution < -0.4 is 52.8 Å². The molecule has 0 heterocycles. The van der Waals surface area contributed by atoms with Gasteiger partial charge in [-0.15, -0.1) is 0 Å². The molecule has 1 aliphatic carbocycles. The van der Waals surface area contributed by atoms with Gasteiger partial charge < -0.3 is 37.2 Å². The Morgan fingerprint density at radius 3 is 1.25 bits per heavy atom. The van der Waals surface area contributed by atoms with Gasteiger partial charge >= 0.3 is 188 Å². The summed E-state index contributed by atoms with van der Waals surface area (Å²) in [6.07, 6.45) is 3.53. The summed E-state index contributed by atoms with van der Waals surface area (Å²) in [5, 5.41) is 6.03. The number of hydrogen-bond donors (Lipinski definition) is 0. The molecule has 0 saturated carbocycles. The second kappa shape index (κ2) is 11.9. The predicted octanol–water partition coefficient (Wildman–Crippen LogP) is -4.11. The summed E-state index contributed by atoms with van der Waals surface area (Å²) < 4.78 is 1.50. The first-order chi connectivity index (χ1) is 14.0. The van der Waals surface area contributed by atoms with E-state index < -0.39 is 8.07 Å². The summed E-state index contributed by atoms with van der Waals surface area (Å²) in [6.45, 7) is 7.01. The van der Waals surface area contributed by atoms with Crippen LogP contribution in [-0.4, -0.2) is 8.07 Å². The molecule has 164 valence electrons. The smallest absolute Gasteiger partial charge is 1.00 e. The first kappa shape index (κ1) is 29.0. The first-order valence-corrected chi connectivity index (χ1v) is 13.1. The molecule has 0 fully saturated rings. The summed E-state index contributed by atoms with van der Waals surface area (Å²) in [4.78, 5) is 0. The zero-order valence-electron chi connectivity index (χ0n) is 18.6. The molecule has 0 aromatic heterocycles. The normalized spacial score (nSPS) is 13.5. The molecule has 0 N–H and O–H groups in total. The van der Waals surface area contributed by atoms with E-state index in [1.54, 1.807) is 5.20 Å². The zero-order chi connectivity index (χ0) is 20.5. The molecule has 0 saturated heterocycles. The maximum atomic E-state index is 2.49. The van der Waals surface area contributed by atoms with Crippen LogP contribution in [0.3, 0.4) is 0 Å². The van der Waals surface area contributed by atoms with Crippen LogP contribution >= 0.6 is 0 Å². The monoisotopic (exact) mass is 532 g/mol. The average molecular weight is 534 g/mol. The molecule has 0 amide bonds. The van der Waals surface area contributed by atoms with Crippen LogP contribution in [0, 0.1) is 5.41 Å². The van der Waals surface area contributed by atoms with Gasteiger partial charge in [0.15, 0.2) is 0 Å². The third-order valence-corrected chi connectivity index (χ3v) is 12.2. The number of allylic oxidation sites excluding steroid dienone is 4. The third-order valence-electron chi connectivity index (χ3n) is 5.96. The van der Waals surface area contributed by atoms with E-state index in [4.69, 9.17) is 0 Å². The average Bonchev–Trinajstić information content (AvgIpc) is 3.13. The van der Waals surface area contributed by atoms with Crippen LogP contribution in [0.15, 0.2) is 112 Å². The van der Waals surface area contributed by atoms with Gasteiger partial charge in [-0.2, -0.15) is 0 Å². The Balaban J connectivity index is 0.00000171. The van der Waals surface area contributed by atoms with Gasteiger partial charge in [0.05, 0.1) is 0 Å². The topological polar surface area (TPSA) is 0 Å². The molecule has 0 aliphatic heterocycles. The van der Waals surface area contributed by atoms with Crippen molar-refractivity contribution in [1.29, 1.82) is 0 Å². The van der Waals surface area contributed by atoms with Gasteiger partial charge in [0.2, 0.25) is 0 Å². The summed E-state index contributed by atoms with van der Waals surface area (Å²) in [5.74, 6) is 0. The van der Waals surface area contributed by atoms with E-state index in [0.717, 1.165) is 6.42 Å². The Labute approximate surface area is 224 Å². The molecule has 0 atom stereocenters. The van der Waals surface area contributed by atoms with Crippen LogP contribution in [0.5, 0.6) is 0 Å². The Kier molecular flexibility index (Phi) is 10.8. The van der Waals surface area contributed by atoms with Crippen LogP contribution in [-0.2, 0) is 20.4 Å². The van der Waals surface area contributed by atoms with Gasteiger partial charge in [0, 0.05) is 0 Å². The van der Waals surface area contributed by atoms with Crippen molar-refractivity contribution in [3.05, 3.63) is 112 Å². The van der Waals surface area contributed by atoms with E-state index in [9.17, 15) is 0 Å². The number of hydrogen-bond acceptors (Lipinski definition) is 0. The van der Waals surface area contributed by atoms with Gasteiger partial charge in [0.1, 0.15) is 0 Å². The molecule has 1 aliphatic rings. The van der Waals surface area contributed by atoms with Crippen molar-refractivity contribution < 1.29 is 57.7 Å². The molecule has 0 spiro atoms. The van der Waals surface area contributed by atoms with E-state index in [2.05, 4.69) is 138 Å². The molecule has 5 heteroatoms. The minimum atomic E-state index is -2.35. The van der Waals surface area contributed by atoms with E-state index in [0.29, 0.717) is 0 Å². The van der Waals surface area contributed by atoms with Crippen molar-refractivity contribution in [2.45, 2.75) is 27.2 Å². The Bertz CT molecular complexity index is 960. The minimum absolute atomic E-state index is 0. The summed E-state index contributed by atoms with van der Waals surface area (Å²) in [5.41, 5.74) is 1.67. The standard InChI is InChI=1S/C27H27Si.3ClH.Ti/c1-27(2,3)22-19-20-26(21-22)28(23-13-7-4-8-14-23,24-15-9-5-10-16-24)25-17-11-6-12-18-25;;;;/h4-19H,20H2,1-3H3;3*1H;/q;;;;+3/p-3. The Morgan fingerprint density at radius 1 is 0.625 bits per heavy atom. The van der Waals surface area contributed by atoms with Crippen LogP contribution in [0.25, 0.3) is 0 Å². The fourth-order valence-corrected chi connectivity index (χ4v) is 11.5. The Morgan fingerprint density at radius 2 is 0.969 bits per heavy atom. The molecular weight excluding hydrogens is 507 g/mol. The minimum Gasteiger partial charge on any atom is -1.00 e. The van der Waals surface area contributed by atoms with Crippen molar-refractivity contribution in [1.82, 2.24) is 0 Å². The van der Waals surface area contributed by atoms with Gasteiger partial charge in [-0.1, -0.05) is 0 Å². The maximum absolute atomic E-state index is 2.49. The van der Waals surface area contributed by atoms with E-state index in [1.807, 2.05) is 0 Å². The quantitative estimate of drug-likeness (QED) is 0.236. The van der Waals surface area contributed by atoms with Crippen LogP contribution in [0.2, 0.25) is 0 Å². The van der Waals surface area contributed by atoms with E-state index >= 15 is 0 Å². The van der Waals surface area contributed by atoms with Crippen molar-refractivity contribution in [2.24, 2.45) is 5.41 Å². The van der Waals surface area contributed by atoms with Crippen LogP contribution in [0.1, 0.15) is 27.2 Å². The van der Waals surface area contributed by atoms with Gasteiger partial charge in [0.25, 0.3) is 0 Å². The van der Waals surface area contributed by atoms with E-state index in [1.165, 1.54) is 25.0 Å². The van der Waals surface area contributed by atoms with Gasteiger partial charge in [-0.3, -0.25) is 0 Å². The second-order valence-corrected chi connectivity index (χ2v) is 13.4. The fraction of sp³-hybridized carbons (Fsp3) is 0.185. The Hall–Kier alpha value is -1.06. The molecule has 0 unspecified atom stereocenters.